The highest BCUT2D eigenvalue weighted by Crippen LogP contribution is 2.35. The number of aromatic nitrogens is 1. The Morgan fingerprint density at radius 1 is 1.12 bits per heavy atom. The second-order valence-corrected chi connectivity index (χ2v) is 5.02. The summed E-state index contributed by atoms with van der Waals surface area (Å²) in [4.78, 5) is 8.21. The third-order valence-corrected chi connectivity index (χ3v) is 3.23. The number of para-hydroxylation sites is 1. The molecule has 0 aliphatic rings. The minimum Gasteiger partial charge on any atom is -0.491 e. The van der Waals surface area contributed by atoms with E-state index in [0.717, 1.165) is 11.8 Å². The van der Waals surface area contributed by atoms with Crippen LogP contribution >= 0.6 is 0 Å². The fourth-order valence-corrected chi connectivity index (χ4v) is 2.05. The van der Waals surface area contributed by atoms with Crippen LogP contribution in [-0.2, 0) is 12.7 Å². The number of benzene rings is 1. The zero-order chi connectivity index (χ0) is 18.1. The maximum absolute atomic E-state index is 12.9. The molecule has 0 fully saturated rings. The van der Waals surface area contributed by atoms with Crippen LogP contribution in [0.1, 0.15) is 11.3 Å². The molecular weight excluding hydrogens is 333 g/mol. The van der Waals surface area contributed by atoms with Crippen LogP contribution in [0.3, 0.4) is 0 Å². The Morgan fingerprint density at radius 3 is 2.56 bits per heavy atom. The number of hydrogen-bond acceptors (Lipinski definition) is 3. The summed E-state index contributed by atoms with van der Waals surface area (Å²) in [5, 5.41) is 6.03. The van der Waals surface area contributed by atoms with Crippen LogP contribution < -0.4 is 15.4 Å². The molecule has 1 heterocycles. The monoisotopic (exact) mass is 352 g/mol. The van der Waals surface area contributed by atoms with E-state index >= 15 is 0 Å². The number of hydrogen-bond donors (Lipinski definition) is 2. The number of halogens is 3. The average Bonchev–Trinajstić information content (AvgIpc) is 2.61. The molecule has 1 aromatic heterocycles. The van der Waals surface area contributed by atoms with E-state index in [0.29, 0.717) is 19.0 Å². The van der Waals surface area contributed by atoms with Crippen LogP contribution in [0.15, 0.2) is 53.7 Å². The first-order chi connectivity index (χ1) is 12.0. The lowest BCUT2D eigenvalue weighted by Gasteiger charge is -2.15. The largest absolute Gasteiger partial charge is 0.491 e. The van der Waals surface area contributed by atoms with Gasteiger partial charge in [-0.1, -0.05) is 18.2 Å². The van der Waals surface area contributed by atoms with E-state index in [1.165, 1.54) is 18.2 Å². The van der Waals surface area contributed by atoms with Crippen molar-refractivity contribution >= 4 is 5.96 Å². The summed E-state index contributed by atoms with van der Waals surface area (Å²) < 4.78 is 43.9. The first-order valence-corrected chi connectivity index (χ1v) is 7.64. The van der Waals surface area contributed by atoms with E-state index in [9.17, 15) is 13.2 Å². The second kappa shape index (κ2) is 8.91. The molecule has 2 rings (SSSR count). The van der Waals surface area contributed by atoms with Gasteiger partial charge in [0, 0.05) is 13.2 Å². The topological polar surface area (TPSA) is 58.5 Å². The maximum atomic E-state index is 12.9. The quantitative estimate of drug-likeness (QED) is 0.477. The molecule has 0 spiro atoms. The smallest absolute Gasteiger partial charge is 0.419 e. The molecule has 25 heavy (non-hydrogen) atoms. The lowest BCUT2D eigenvalue weighted by Crippen LogP contribution is -2.39. The number of aliphatic imine (C=N–C) groups is 1. The van der Waals surface area contributed by atoms with Gasteiger partial charge in [-0.2, -0.15) is 13.2 Å². The first-order valence-electron chi connectivity index (χ1n) is 7.64. The summed E-state index contributed by atoms with van der Waals surface area (Å²) in [6.45, 7) is 0.851. The van der Waals surface area contributed by atoms with Crippen molar-refractivity contribution < 1.29 is 17.9 Å². The van der Waals surface area contributed by atoms with Crippen LogP contribution in [0.4, 0.5) is 13.2 Å². The van der Waals surface area contributed by atoms with Gasteiger partial charge < -0.3 is 15.4 Å². The Morgan fingerprint density at radius 2 is 1.88 bits per heavy atom. The number of guanidine groups is 1. The molecule has 134 valence electrons. The molecule has 0 aliphatic heterocycles. The number of ether oxygens (including phenoxy) is 1. The van der Waals surface area contributed by atoms with Gasteiger partial charge in [-0.25, -0.2) is 0 Å². The first kappa shape index (κ1) is 18.6. The molecule has 0 unspecified atom stereocenters. The van der Waals surface area contributed by atoms with Crippen LogP contribution in [0.2, 0.25) is 0 Å². The molecule has 1 aromatic carbocycles. The Labute approximate surface area is 144 Å². The Kier molecular flexibility index (Phi) is 6.62. The zero-order valence-electron chi connectivity index (χ0n) is 13.7. The van der Waals surface area contributed by atoms with Gasteiger partial charge in [-0.3, -0.25) is 9.98 Å². The highest BCUT2D eigenvalue weighted by molar-refractivity contribution is 5.79. The zero-order valence-corrected chi connectivity index (χ0v) is 13.7. The van der Waals surface area contributed by atoms with Crippen molar-refractivity contribution in [1.82, 2.24) is 15.6 Å². The summed E-state index contributed by atoms with van der Waals surface area (Å²) in [7, 11) is 1.60. The summed E-state index contributed by atoms with van der Waals surface area (Å²) in [5.74, 6) is 0.326. The highest BCUT2D eigenvalue weighted by atomic mass is 19.4. The van der Waals surface area contributed by atoms with Crippen LogP contribution in [-0.4, -0.2) is 31.1 Å². The van der Waals surface area contributed by atoms with Gasteiger partial charge in [-0.05, 0) is 24.3 Å². The molecule has 8 heteroatoms. The predicted molar refractivity (Wildman–Crippen MR) is 89.4 cm³/mol. The van der Waals surface area contributed by atoms with Crippen LogP contribution in [0.25, 0.3) is 0 Å². The summed E-state index contributed by atoms with van der Waals surface area (Å²) in [6.07, 6.45) is -2.75. The van der Waals surface area contributed by atoms with E-state index < -0.39 is 11.7 Å². The number of rotatable bonds is 6. The third-order valence-electron chi connectivity index (χ3n) is 3.23. The van der Waals surface area contributed by atoms with Crippen molar-refractivity contribution in [2.45, 2.75) is 12.7 Å². The number of nitrogens with zero attached hydrogens (tertiary/aromatic N) is 2. The van der Waals surface area contributed by atoms with Crippen LogP contribution in [0, 0.1) is 0 Å². The molecule has 0 atom stereocenters. The second-order valence-electron chi connectivity index (χ2n) is 5.02. The number of nitrogens with one attached hydrogen (secondary N) is 2. The minimum absolute atomic E-state index is 0.0668. The molecule has 0 saturated carbocycles. The minimum atomic E-state index is -4.44. The average molecular weight is 352 g/mol. The van der Waals surface area contributed by atoms with Crippen molar-refractivity contribution in [2.24, 2.45) is 4.99 Å². The fraction of sp³-hybridized carbons (Fsp3) is 0.294. The Balaban J connectivity index is 1.78. The Bertz CT molecular complexity index is 690. The van der Waals surface area contributed by atoms with E-state index in [-0.39, 0.29) is 12.4 Å². The third kappa shape index (κ3) is 5.98. The predicted octanol–water partition coefficient (Wildman–Crippen LogP) is 2.84. The number of pyridine rings is 1. The molecule has 2 aromatic rings. The van der Waals surface area contributed by atoms with Gasteiger partial charge in [0.05, 0.1) is 24.3 Å². The summed E-state index contributed by atoms with van der Waals surface area (Å²) >= 11 is 0. The standard InChI is InChI=1S/C17H19F3N4O/c1-21-16(24-12-13-6-4-5-9-22-13)23-10-11-25-15-8-3-2-7-14(15)17(18,19)20/h2-9H,10-12H2,1H3,(H2,21,23,24). The number of alkyl halides is 3. The molecule has 2 N–H and O–H groups in total. The van der Waals surface area contributed by atoms with E-state index in [2.05, 4.69) is 20.6 Å². The SMILES string of the molecule is CN=C(NCCOc1ccccc1C(F)(F)F)NCc1ccccn1. The van der Waals surface area contributed by atoms with Gasteiger partial charge in [0.2, 0.25) is 0 Å². The van der Waals surface area contributed by atoms with Crippen molar-refractivity contribution in [3.05, 3.63) is 59.9 Å². The van der Waals surface area contributed by atoms with E-state index in [1.54, 1.807) is 13.2 Å². The van der Waals surface area contributed by atoms with E-state index in [4.69, 9.17) is 4.74 Å². The van der Waals surface area contributed by atoms with Crippen molar-refractivity contribution in [3.63, 3.8) is 0 Å². The summed E-state index contributed by atoms with van der Waals surface area (Å²) in [6, 6.07) is 10.7. The van der Waals surface area contributed by atoms with Crippen molar-refractivity contribution in [2.75, 3.05) is 20.2 Å². The van der Waals surface area contributed by atoms with Gasteiger partial charge in [0.1, 0.15) is 12.4 Å². The lowest BCUT2D eigenvalue weighted by molar-refractivity contribution is -0.138. The molecule has 0 aliphatic carbocycles. The van der Waals surface area contributed by atoms with Crippen molar-refractivity contribution in [3.8, 4) is 5.75 Å². The molecule has 5 nitrogen and oxygen atoms in total. The molecule has 0 saturated heterocycles. The van der Waals surface area contributed by atoms with E-state index in [1.807, 2.05) is 18.2 Å². The van der Waals surface area contributed by atoms with Gasteiger partial charge >= 0.3 is 6.18 Å². The Hall–Kier alpha value is -2.77. The molecular formula is C17H19F3N4O. The molecule has 0 bridgehead atoms. The normalized spacial score (nSPS) is 11.9. The van der Waals surface area contributed by atoms with Gasteiger partial charge in [0.25, 0.3) is 0 Å². The molecule has 0 amide bonds. The maximum Gasteiger partial charge on any atom is 0.419 e. The van der Waals surface area contributed by atoms with Gasteiger partial charge in [-0.15, -0.1) is 0 Å². The van der Waals surface area contributed by atoms with Crippen molar-refractivity contribution in [1.29, 1.82) is 0 Å². The highest BCUT2D eigenvalue weighted by Gasteiger charge is 2.33. The van der Waals surface area contributed by atoms with Crippen LogP contribution in [0.5, 0.6) is 5.75 Å². The fourth-order valence-electron chi connectivity index (χ4n) is 2.05. The lowest BCUT2D eigenvalue weighted by atomic mass is 10.2. The molecule has 0 radical (unpaired) electrons. The van der Waals surface area contributed by atoms with Gasteiger partial charge in [0.15, 0.2) is 5.96 Å². The summed E-state index contributed by atoms with van der Waals surface area (Å²) in [5.41, 5.74) is 0.0634.